The molecule has 2 aliphatic rings. The third-order valence-electron chi connectivity index (χ3n) is 3.86. The maximum atomic E-state index is 12.0. The molecule has 1 atom stereocenters. The Morgan fingerprint density at radius 2 is 2.35 bits per heavy atom. The third kappa shape index (κ3) is 2.95. The molecule has 1 fully saturated rings. The number of aromatic nitrogens is 1. The number of amides is 1. The van der Waals surface area contributed by atoms with Crippen molar-refractivity contribution in [3.8, 4) is 0 Å². The lowest BCUT2D eigenvalue weighted by Gasteiger charge is -2.23. The second-order valence-electron chi connectivity index (χ2n) is 5.58. The number of benzene rings is 1. The Morgan fingerprint density at radius 3 is 3.22 bits per heavy atom. The average molecular weight is 312 g/mol. The zero-order valence-corrected chi connectivity index (χ0v) is 12.4. The van der Waals surface area contributed by atoms with E-state index in [0.717, 1.165) is 30.5 Å². The summed E-state index contributed by atoms with van der Waals surface area (Å²) < 4.78 is 10.7. The number of carbonyl (C=O) groups excluding carboxylic acids is 1. The standard InChI is InChI=1S/C16H16N4O3/c21-15-13(6-10-3-4-12-14(7-10)23-9-17-12)19-16(20-15)18-11-2-1-5-22-8-11/h3-4,6-7,9,11H,1-2,5,8H2,(H2,18,19,20,21)/b13-6-/t11-/m0/s1. The molecule has 0 aliphatic carbocycles. The van der Waals surface area contributed by atoms with Crippen molar-refractivity contribution in [1.29, 1.82) is 0 Å². The lowest BCUT2D eigenvalue weighted by atomic mass is 10.1. The smallest absolute Gasteiger partial charge is 0.276 e. The highest BCUT2D eigenvalue weighted by atomic mass is 16.5. The minimum absolute atomic E-state index is 0.188. The molecule has 0 bridgehead atoms. The molecule has 1 amide bonds. The van der Waals surface area contributed by atoms with Crippen LogP contribution in [0.3, 0.4) is 0 Å². The number of aliphatic imine (C=N–C) groups is 1. The highest BCUT2D eigenvalue weighted by Crippen LogP contribution is 2.18. The summed E-state index contributed by atoms with van der Waals surface area (Å²) in [5, 5.41) is 5.96. The first kappa shape index (κ1) is 14.0. The fraction of sp³-hybridized carbons (Fsp3) is 0.312. The van der Waals surface area contributed by atoms with Crippen LogP contribution in [0.15, 0.2) is 39.7 Å². The van der Waals surface area contributed by atoms with Crippen molar-refractivity contribution in [3.63, 3.8) is 0 Å². The van der Waals surface area contributed by atoms with Gasteiger partial charge in [0.25, 0.3) is 5.91 Å². The van der Waals surface area contributed by atoms with Crippen LogP contribution >= 0.6 is 0 Å². The van der Waals surface area contributed by atoms with Crippen LogP contribution in [0, 0.1) is 0 Å². The van der Waals surface area contributed by atoms with E-state index in [9.17, 15) is 4.79 Å². The van der Waals surface area contributed by atoms with Gasteiger partial charge in [0.2, 0.25) is 5.96 Å². The fourth-order valence-corrected chi connectivity index (χ4v) is 2.70. The summed E-state index contributed by atoms with van der Waals surface area (Å²) in [6, 6.07) is 5.74. The van der Waals surface area contributed by atoms with Crippen molar-refractivity contribution in [2.24, 2.45) is 4.99 Å². The topological polar surface area (TPSA) is 88.8 Å². The fourth-order valence-electron chi connectivity index (χ4n) is 2.70. The third-order valence-corrected chi connectivity index (χ3v) is 3.86. The summed E-state index contributed by atoms with van der Waals surface area (Å²) in [7, 11) is 0. The second-order valence-corrected chi connectivity index (χ2v) is 5.58. The number of hydrogen-bond donors (Lipinski definition) is 2. The molecule has 118 valence electrons. The largest absolute Gasteiger partial charge is 0.443 e. The van der Waals surface area contributed by atoms with Crippen LogP contribution in [0.1, 0.15) is 18.4 Å². The highest BCUT2D eigenvalue weighted by molar-refractivity contribution is 6.13. The maximum Gasteiger partial charge on any atom is 0.276 e. The Kier molecular flexibility index (Phi) is 3.55. The molecular formula is C16H16N4O3. The van der Waals surface area contributed by atoms with Gasteiger partial charge in [-0.05, 0) is 36.6 Å². The van der Waals surface area contributed by atoms with Gasteiger partial charge in [-0.25, -0.2) is 9.98 Å². The van der Waals surface area contributed by atoms with Gasteiger partial charge in [-0.1, -0.05) is 6.07 Å². The molecule has 0 radical (unpaired) electrons. The number of ether oxygens (including phenoxy) is 1. The van der Waals surface area contributed by atoms with Crippen LogP contribution in [-0.4, -0.2) is 36.1 Å². The Labute approximate surface area is 132 Å². The second kappa shape index (κ2) is 5.85. The molecule has 0 saturated carbocycles. The number of oxazole rings is 1. The van der Waals surface area contributed by atoms with Crippen LogP contribution in [0.5, 0.6) is 0 Å². The van der Waals surface area contributed by atoms with Crippen LogP contribution in [0.2, 0.25) is 0 Å². The van der Waals surface area contributed by atoms with Gasteiger partial charge >= 0.3 is 0 Å². The van der Waals surface area contributed by atoms with Gasteiger partial charge in [-0.3, -0.25) is 10.1 Å². The molecule has 1 aromatic carbocycles. The van der Waals surface area contributed by atoms with Crippen molar-refractivity contribution in [2.45, 2.75) is 18.9 Å². The SMILES string of the molecule is O=C1NC(N[C@H]2CCCOC2)=N/C1=C\c1ccc2ncoc2c1. The lowest BCUT2D eigenvalue weighted by molar-refractivity contribution is -0.115. The van der Waals surface area contributed by atoms with E-state index in [0.29, 0.717) is 23.8 Å². The first-order valence-electron chi connectivity index (χ1n) is 7.57. The van der Waals surface area contributed by atoms with E-state index in [1.807, 2.05) is 18.2 Å². The van der Waals surface area contributed by atoms with Gasteiger partial charge in [0.15, 0.2) is 12.0 Å². The molecule has 7 heteroatoms. The Balaban J connectivity index is 1.53. The van der Waals surface area contributed by atoms with Gasteiger partial charge in [0, 0.05) is 6.61 Å². The zero-order chi connectivity index (χ0) is 15.6. The molecular weight excluding hydrogens is 296 g/mol. The predicted octanol–water partition coefficient (Wildman–Crippen LogP) is 1.42. The number of nitrogens with zero attached hydrogens (tertiary/aromatic N) is 2. The molecule has 4 rings (SSSR count). The molecule has 23 heavy (non-hydrogen) atoms. The van der Waals surface area contributed by atoms with Crippen LogP contribution in [0.4, 0.5) is 0 Å². The van der Waals surface area contributed by atoms with E-state index in [1.54, 1.807) is 6.08 Å². The normalized spacial score (nSPS) is 23.1. The number of carbonyl (C=O) groups is 1. The van der Waals surface area contributed by atoms with E-state index in [2.05, 4.69) is 20.6 Å². The summed E-state index contributed by atoms with van der Waals surface area (Å²) in [5.41, 5.74) is 2.67. The molecule has 7 nitrogen and oxygen atoms in total. The van der Waals surface area contributed by atoms with Gasteiger partial charge in [-0.15, -0.1) is 0 Å². The molecule has 1 saturated heterocycles. The van der Waals surface area contributed by atoms with Gasteiger partial charge in [-0.2, -0.15) is 0 Å². The van der Waals surface area contributed by atoms with Gasteiger partial charge in [0.05, 0.1) is 12.6 Å². The molecule has 0 unspecified atom stereocenters. The van der Waals surface area contributed by atoms with Crippen molar-refractivity contribution in [2.75, 3.05) is 13.2 Å². The van der Waals surface area contributed by atoms with Crippen molar-refractivity contribution in [3.05, 3.63) is 35.9 Å². The van der Waals surface area contributed by atoms with Crippen LogP contribution in [0.25, 0.3) is 17.2 Å². The van der Waals surface area contributed by atoms with Crippen molar-refractivity contribution in [1.82, 2.24) is 15.6 Å². The number of hydrogen-bond acceptors (Lipinski definition) is 6. The van der Waals surface area contributed by atoms with E-state index in [1.165, 1.54) is 6.39 Å². The van der Waals surface area contributed by atoms with E-state index in [4.69, 9.17) is 9.15 Å². The van der Waals surface area contributed by atoms with Crippen LogP contribution in [-0.2, 0) is 9.53 Å². The monoisotopic (exact) mass is 312 g/mol. The molecule has 2 N–H and O–H groups in total. The molecule has 3 heterocycles. The summed E-state index contributed by atoms with van der Waals surface area (Å²) in [6.45, 7) is 1.43. The van der Waals surface area contributed by atoms with Crippen molar-refractivity contribution < 1.29 is 13.9 Å². The van der Waals surface area contributed by atoms with E-state index < -0.39 is 0 Å². The van der Waals surface area contributed by atoms with E-state index >= 15 is 0 Å². The Hall–Kier alpha value is -2.67. The van der Waals surface area contributed by atoms with Crippen molar-refractivity contribution >= 4 is 29.0 Å². The average Bonchev–Trinajstić information content (AvgIpc) is 3.15. The summed E-state index contributed by atoms with van der Waals surface area (Å²) in [6.07, 6.45) is 5.15. The van der Waals surface area contributed by atoms with Crippen LogP contribution < -0.4 is 10.6 Å². The molecule has 0 spiro atoms. The minimum atomic E-state index is -0.220. The number of fused-ring (bicyclic) bond motifs is 1. The predicted molar refractivity (Wildman–Crippen MR) is 84.5 cm³/mol. The number of guanidine groups is 1. The zero-order valence-electron chi connectivity index (χ0n) is 12.4. The first-order valence-corrected chi connectivity index (χ1v) is 7.57. The lowest BCUT2D eigenvalue weighted by Crippen LogP contribution is -2.45. The summed E-state index contributed by atoms with van der Waals surface area (Å²) in [4.78, 5) is 20.4. The molecule has 2 aliphatic heterocycles. The van der Waals surface area contributed by atoms with Gasteiger partial charge in [0.1, 0.15) is 11.2 Å². The summed E-state index contributed by atoms with van der Waals surface area (Å²) >= 11 is 0. The Morgan fingerprint density at radius 1 is 1.39 bits per heavy atom. The highest BCUT2D eigenvalue weighted by Gasteiger charge is 2.23. The molecule has 1 aromatic heterocycles. The number of nitrogens with one attached hydrogen (secondary N) is 2. The quantitative estimate of drug-likeness (QED) is 0.819. The molecule has 2 aromatic rings. The summed E-state index contributed by atoms with van der Waals surface area (Å²) in [5.74, 6) is 0.263. The minimum Gasteiger partial charge on any atom is -0.443 e. The first-order chi connectivity index (χ1) is 11.3. The van der Waals surface area contributed by atoms with E-state index in [-0.39, 0.29) is 11.9 Å². The maximum absolute atomic E-state index is 12.0. The number of rotatable bonds is 2. The Bertz CT molecular complexity index is 803. The van der Waals surface area contributed by atoms with Gasteiger partial charge < -0.3 is 14.5 Å².